The molecule has 2 atom stereocenters. The van der Waals surface area contributed by atoms with Gasteiger partial charge in [0.2, 0.25) is 0 Å². The Kier molecular flexibility index (Phi) is 7.96. The Labute approximate surface area is 150 Å². The van der Waals surface area contributed by atoms with Gasteiger partial charge in [-0.05, 0) is 26.3 Å². The summed E-state index contributed by atoms with van der Waals surface area (Å²) in [4.78, 5) is 26.8. The summed E-state index contributed by atoms with van der Waals surface area (Å²) in [7, 11) is 1.75. The second kappa shape index (κ2) is 9.97. The van der Waals surface area contributed by atoms with Crippen molar-refractivity contribution in [2.75, 3.05) is 39.8 Å². The molecule has 0 aromatic carbocycles. The molecule has 2 fully saturated rings. The molecule has 2 amide bonds. The summed E-state index contributed by atoms with van der Waals surface area (Å²) < 4.78 is 5.68. The van der Waals surface area contributed by atoms with E-state index in [0.717, 1.165) is 12.3 Å². The highest BCUT2D eigenvalue weighted by Gasteiger charge is 2.26. The normalized spacial score (nSPS) is 23.5. The number of amides is 2. The second-order valence-corrected chi connectivity index (χ2v) is 7.62. The van der Waals surface area contributed by atoms with E-state index in [1.165, 1.54) is 32.1 Å². The van der Waals surface area contributed by atoms with Gasteiger partial charge in [0.25, 0.3) is 0 Å². The van der Waals surface area contributed by atoms with E-state index < -0.39 is 5.97 Å². The molecule has 1 unspecified atom stereocenters. The van der Waals surface area contributed by atoms with Crippen molar-refractivity contribution in [3.63, 3.8) is 0 Å². The number of nitrogens with one attached hydrogen (secondary N) is 1. The lowest BCUT2D eigenvalue weighted by Gasteiger charge is -2.35. The molecule has 0 radical (unpaired) electrons. The zero-order valence-electron chi connectivity index (χ0n) is 15.6. The van der Waals surface area contributed by atoms with Crippen molar-refractivity contribution in [2.24, 2.45) is 5.92 Å². The summed E-state index contributed by atoms with van der Waals surface area (Å²) in [6.45, 7) is 4.16. The van der Waals surface area contributed by atoms with Crippen molar-refractivity contribution in [2.45, 2.75) is 57.6 Å². The molecule has 1 aliphatic carbocycles. The summed E-state index contributed by atoms with van der Waals surface area (Å²) in [5.74, 6) is -0.115. The van der Waals surface area contributed by atoms with E-state index in [2.05, 4.69) is 12.2 Å². The van der Waals surface area contributed by atoms with Gasteiger partial charge in [-0.15, -0.1) is 0 Å². The fraction of sp³-hybridized carbons (Fsp3) is 0.889. The molecule has 0 bridgehead atoms. The average Bonchev–Trinajstić information content (AvgIpc) is 2.55. The molecule has 7 nitrogen and oxygen atoms in total. The molecule has 7 heteroatoms. The molecule has 1 heterocycles. The first kappa shape index (κ1) is 20.0. The molecule has 1 saturated heterocycles. The van der Waals surface area contributed by atoms with Crippen molar-refractivity contribution in [3.8, 4) is 0 Å². The lowest BCUT2D eigenvalue weighted by Crippen LogP contribution is -2.53. The molecular weight excluding hydrogens is 322 g/mol. The topological polar surface area (TPSA) is 82.1 Å². The fourth-order valence-electron chi connectivity index (χ4n) is 3.94. The summed E-state index contributed by atoms with van der Waals surface area (Å²) >= 11 is 0. The van der Waals surface area contributed by atoms with Crippen LogP contribution in [0.25, 0.3) is 0 Å². The van der Waals surface area contributed by atoms with Crippen LogP contribution in [-0.2, 0) is 9.53 Å². The number of aliphatic carboxylic acids is 1. The Morgan fingerprint density at radius 2 is 2.04 bits per heavy atom. The minimum Gasteiger partial charge on any atom is -0.480 e. The minimum atomic E-state index is -0.857. The molecule has 1 saturated carbocycles. The average molecular weight is 355 g/mol. The smallest absolute Gasteiger partial charge is 0.317 e. The molecule has 25 heavy (non-hydrogen) atoms. The lowest BCUT2D eigenvalue weighted by molar-refractivity contribution is -0.138. The first-order valence-corrected chi connectivity index (χ1v) is 9.51. The first-order valence-electron chi connectivity index (χ1n) is 9.51. The molecule has 2 N–H and O–H groups in total. The van der Waals surface area contributed by atoms with Crippen LogP contribution in [-0.4, -0.2) is 78.9 Å². The zero-order chi connectivity index (χ0) is 18.2. The highest BCUT2D eigenvalue weighted by Crippen LogP contribution is 2.27. The van der Waals surface area contributed by atoms with Crippen molar-refractivity contribution >= 4 is 12.0 Å². The predicted octanol–water partition coefficient (Wildman–Crippen LogP) is 1.77. The van der Waals surface area contributed by atoms with Gasteiger partial charge in [-0.2, -0.15) is 0 Å². The van der Waals surface area contributed by atoms with Gasteiger partial charge in [0.05, 0.1) is 19.3 Å². The molecule has 0 spiro atoms. The van der Waals surface area contributed by atoms with Crippen LogP contribution < -0.4 is 5.32 Å². The SMILES string of the molecule is C[C@@H](CC1CCCCC1)NC(=O)N1CCOC(CN(C)CC(=O)O)C1. The van der Waals surface area contributed by atoms with Gasteiger partial charge in [-0.25, -0.2) is 4.79 Å². The monoisotopic (exact) mass is 355 g/mol. The van der Waals surface area contributed by atoms with Crippen LogP contribution in [0.15, 0.2) is 0 Å². The van der Waals surface area contributed by atoms with Crippen LogP contribution >= 0.6 is 0 Å². The van der Waals surface area contributed by atoms with Gasteiger partial charge in [0.15, 0.2) is 0 Å². The Morgan fingerprint density at radius 3 is 2.72 bits per heavy atom. The maximum absolute atomic E-state index is 12.5. The van der Waals surface area contributed by atoms with Crippen molar-refractivity contribution in [1.82, 2.24) is 15.1 Å². The number of hydrogen-bond acceptors (Lipinski definition) is 4. The first-order chi connectivity index (χ1) is 11.9. The number of morpholine rings is 1. The number of rotatable bonds is 7. The van der Waals surface area contributed by atoms with Crippen molar-refractivity contribution in [3.05, 3.63) is 0 Å². The number of ether oxygens (including phenoxy) is 1. The van der Waals surface area contributed by atoms with E-state index in [9.17, 15) is 9.59 Å². The van der Waals surface area contributed by atoms with E-state index in [0.29, 0.717) is 26.2 Å². The summed E-state index contributed by atoms with van der Waals surface area (Å²) in [6.07, 6.45) is 7.48. The third kappa shape index (κ3) is 7.20. The minimum absolute atomic E-state index is 0.0233. The highest BCUT2D eigenvalue weighted by molar-refractivity contribution is 5.74. The Balaban J connectivity index is 1.73. The largest absolute Gasteiger partial charge is 0.480 e. The van der Waals surface area contributed by atoms with Gasteiger partial charge in [-0.1, -0.05) is 32.1 Å². The van der Waals surface area contributed by atoms with Gasteiger partial charge in [-0.3, -0.25) is 9.69 Å². The fourth-order valence-corrected chi connectivity index (χ4v) is 3.94. The number of likely N-dealkylation sites (N-methyl/N-ethyl adjacent to an activating group) is 1. The van der Waals surface area contributed by atoms with Gasteiger partial charge in [0.1, 0.15) is 0 Å². The number of carboxylic acid groups (broad SMARTS) is 1. The maximum Gasteiger partial charge on any atom is 0.317 e. The molecule has 144 valence electrons. The van der Waals surface area contributed by atoms with Crippen molar-refractivity contribution in [1.29, 1.82) is 0 Å². The zero-order valence-corrected chi connectivity index (χ0v) is 15.6. The third-order valence-electron chi connectivity index (χ3n) is 5.13. The Morgan fingerprint density at radius 1 is 1.32 bits per heavy atom. The highest BCUT2D eigenvalue weighted by atomic mass is 16.5. The van der Waals surface area contributed by atoms with E-state index in [1.54, 1.807) is 16.8 Å². The maximum atomic E-state index is 12.5. The Bertz CT molecular complexity index is 440. The standard InChI is InChI=1S/C18H33N3O4/c1-14(10-15-6-4-3-5-7-15)19-18(24)21-8-9-25-16(12-21)11-20(2)13-17(22)23/h14-16H,3-13H2,1-2H3,(H,19,24)(H,22,23)/t14-,16?/m0/s1. The summed E-state index contributed by atoms with van der Waals surface area (Å²) in [5, 5.41) is 12.0. The molecule has 2 rings (SSSR count). The Hall–Kier alpha value is -1.34. The molecule has 0 aromatic heterocycles. The van der Waals surface area contributed by atoms with Crippen LogP contribution in [0, 0.1) is 5.92 Å². The second-order valence-electron chi connectivity index (χ2n) is 7.62. The summed E-state index contributed by atoms with van der Waals surface area (Å²) in [5.41, 5.74) is 0. The van der Waals surface area contributed by atoms with Crippen LogP contribution in [0.1, 0.15) is 45.4 Å². The van der Waals surface area contributed by atoms with Gasteiger partial charge < -0.3 is 20.1 Å². The molecule has 2 aliphatic rings. The predicted molar refractivity (Wildman–Crippen MR) is 95.6 cm³/mol. The number of carbonyl (C=O) groups excluding carboxylic acids is 1. The number of hydrogen-bond donors (Lipinski definition) is 2. The van der Waals surface area contributed by atoms with Crippen LogP contribution in [0.3, 0.4) is 0 Å². The van der Waals surface area contributed by atoms with Crippen molar-refractivity contribution < 1.29 is 19.4 Å². The van der Waals surface area contributed by atoms with Gasteiger partial charge >= 0.3 is 12.0 Å². The van der Waals surface area contributed by atoms with E-state index in [-0.39, 0.29) is 24.7 Å². The number of carboxylic acids is 1. The number of urea groups is 1. The molecule has 1 aliphatic heterocycles. The van der Waals surface area contributed by atoms with E-state index >= 15 is 0 Å². The van der Waals surface area contributed by atoms with Crippen LogP contribution in [0.2, 0.25) is 0 Å². The van der Waals surface area contributed by atoms with Crippen LogP contribution in [0.5, 0.6) is 0 Å². The lowest BCUT2D eigenvalue weighted by atomic mass is 9.85. The third-order valence-corrected chi connectivity index (χ3v) is 5.13. The van der Waals surface area contributed by atoms with E-state index in [1.807, 2.05) is 0 Å². The number of carbonyl (C=O) groups is 2. The quantitative estimate of drug-likeness (QED) is 0.727. The number of nitrogens with zero attached hydrogens (tertiary/aromatic N) is 2. The summed E-state index contributed by atoms with van der Waals surface area (Å²) in [6, 6.07) is 0.157. The molecule has 0 aromatic rings. The van der Waals surface area contributed by atoms with Gasteiger partial charge in [0, 0.05) is 25.7 Å². The molecular formula is C18H33N3O4. The van der Waals surface area contributed by atoms with E-state index in [4.69, 9.17) is 9.84 Å². The van der Waals surface area contributed by atoms with Crippen LogP contribution in [0.4, 0.5) is 4.79 Å².